The van der Waals surface area contributed by atoms with Gasteiger partial charge in [0.1, 0.15) is 5.15 Å². The lowest BCUT2D eigenvalue weighted by Crippen LogP contribution is -2.46. The fourth-order valence-electron chi connectivity index (χ4n) is 2.79. The third-order valence-electron chi connectivity index (χ3n) is 3.84. The first-order chi connectivity index (χ1) is 10.9. The van der Waals surface area contributed by atoms with Crippen LogP contribution in [0.25, 0.3) is 0 Å². The topological polar surface area (TPSA) is 59.4 Å². The van der Waals surface area contributed by atoms with Crippen LogP contribution in [0.2, 0.25) is 5.15 Å². The number of carbonyl (C=O) groups is 1. The zero-order chi connectivity index (χ0) is 17.0. The van der Waals surface area contributed by atoms with E-state index in [4.69, 9.17) is 16.3 Å². The highest BCUT2D eigenvalue weighted by molar-refractivity contribution is 6.33. The van der Waals surface area contributed by atoms with E-state index in [1.807, 2.05) is 13.8 Å². The second kappa shape index (κ2) is 8.13. The van der Waals surface area contributed by atoms with Crippen LogP contribution in [-0.2, 0) is 11.3 Å². The highest BCUT2D eigenvalue weighted by Gasteiger charge is 2.23. The van der Waals surface area contributed by atoms with Crippen LogP contribution in [0.3, 0.4) is 0 Å². The lowest BCUT2D eigenvalue weighted by Gasteiger charge is -2.29. The Morgan fingerprint density at radius 1 is 1.30 bits per heavy atom. The molecule has 1 aliphatic heterocycles. The van der Waals surface area contributed by atoms with Gasteiger partial charge >= 0.3 is 0 Å². The summed E-state index contributed by atoms with van der Waals surface area (Å²) in [5, 5.41) is 7.85. The van der Waals surface area contributed by atoms with Crippen molar-refractivity contribution in [1.29, 1.82) is 0 Å². The van der Waals surface area contributed by atoms with Crippen LogP contribution < -0.4 is 5.32 Å². The van der Waals surface area contributed by atoms with Crippen LogP contribution in [-0.4, -0.2) is 59.5 Å². The number of halogens is 1. The van der Waals surface area contributed by atoms with E-state index in [9.17, 15) is 4.79 Å². The monoisotopic (exact) mass is 342 g/mol. The summed E-state index contributed by atoms with van der Waals surface area (Å²) in [6.07, 6.45) is 0. The Kier molecular flexibility index (Phi) is 6.44. The Bertz CT molecular complexity index is 538. The highest BCUT2D eigenvalue weighted by Crippen LogP contribution is 2.21. The molecule has 1 fully saturated rings. The molecule has 0 aliphatic carbocycles. The molecule has 7 heteroatoms. The van der Waals surface area contributed by atoms with Gasteiger partial charge < -0.3 is 10.1 Å². The van der Waals surface area contributed by atoms with Gasteiger partial charge in [0.2, 0.25) is 0 Å². The van der Waals surface area contributed by atoms with Crippen LogP contribution in [0.1, 0.15) is 36.8 Å². The largest absolute Gasteiger partial charge is 0.379 e. The van der Waals surface area contributed by atoms with Crippen LogP contribution in [0.4, 0.5) is 0 Å². The van der Waals surface area contributed by atoms with E-state index < -0.39 is 0 Å². The van der Waals surface area contributed by atoms with Gasteiger partial charge in [-0.25, -0.2) is 0 Å². The number of carbonyl (C=O) groups excluding carboxylic acids is 1. The number of nitrogens with zero attached hydrogens (tertiary/aromatic N) is 3. The van der Waals surface area contributed by atoms with Gasteiger partial charge in [0.25, 0.3) is 5.91 Å². The molecule has 0 aromatic carbocycles. The summed E-state index contributed by atoms with van der Waals surface area (Å²) in [6.45, 7) is 12.9. The highest BCUT2D eigenvalue weighted by atomic mass is 35.5. The fraction of sp³-hybridized carbons (Fsp3) is 0.750. The summed E-state index contributed by atoms with van der Waals surface area (Å²) in [5.41, 5.74) is 1.16. The fourth-order valence-corrected chi connectivity index (χ4v) is 3.12. The molecule has 6 nitrogen and oxygen atoms in total. The van der Waals surface area contributed by atoms with Crippen molar-refractivity contribution in [2.24, 2.45) is 5.92 Å². The third-order valence-corrected chi connectivity index (χ3v) is 4.23. The average molecular weight is 343 g/mol. The van der Waals surface area contributed by atoms with Crippen LogP contribution >= 0.6 is 11.6 Å². The summed E-state index contributed by atoms with van der Waals surface area (Å²) >= 11 is 6.36. The molecule has 1 aliphatic rings. The smallest absolute Gasteiger partial charge is 0.256 e. The molecule has 2 rings (SSSR count). The Morgan fingerprint density at radius 3 is 2.57 bits per heavy atom. The van der Waals surface area contributed by atoms with Gasteiger partial charge in [-0.15, -0.1) is 0 Å². The first-order valence-electron chi connectivity index (χ1n) is 8.22. The van der Waals surface area contributed by atoms with Gasteiger partial charge in [0.05, 0.1) is 24.5 Å². The minimum absolute atomic E-state index is 0.0458. The quantitative estimate of drug-likeness (QED) is 0.858. The van der Waals surface area contributed by atoms with Gasteiger partial charge in [0, 0.05) is 32.2 Å². The molecule has 23 heavy (non-hydrogen) atoms. The number of ether oxygens (including phenoxy) is 1. The summed E-state index contributed by atoms with van der Waals surface area (Å²) in [5.74, 6) is 0.270. The lowest BCUT2D eigenvalue weighted by molar-refractivity contribution is 0.0342. The van der Waals surface area contributed by atoms with Crippen LogP contribution in [0, 0.1) is 12.8 Å². The third kappa shape index (κ3) is 4.93. The normalized spacial score (nSPS) is 17.5. The van der Waals surface area contributed by atoms with E-state index in [2.05, 4.69) is 29.2 Å². The number of aryl methyl sites for hydroxylation is 1. The average Bonchev–Trinajstić information content (AvgIpc) is 2.73. The van der Waals surface area contributed by atoms with Crippen molar-refractivity contribution < 1.29 is 9.53 Å². The molecular weight excluding hydrogens is 316 g/mol. The molecule has 130 valence electrons. The van der Waals surface area contributed by atoms with Crippen molar-refractivity contribution in [3.63, 3.8) is 0 Å². The van der Waals surface area contributed by atoms with Crippen molar-refractivity contribution in [2.75, 3.05) is 32.8 Å². The molecule has 0 saturated carbocycles. The molecule has 0 radical (unpaired) electrons. The minimum Gasteiger partial charge on any atom is -0.379 e. The van der Waals surface area contributed by atoms with Crippen LogP contribution in [0.15, 0.2) is 0 Å². The first-order valence-corrected chi connectivity index (χ1v) is 8.60. The van der Waals surface area contributed by atoms with Crippen molar-refractivity contribution in [1.82, 2.24) is 20.0 Å². The summed E-state index contributed by atoms with van der Waals surface area (Å²) in [4.78, 5) is 14.8. The van der Waals surface area contributed by atoms with Gasteiger partial charge in [-0.2, -0.15) is 5.10 Å². The summed E-state index contributed by atoms with van der Waals surface area (Å²) < 4.78 is 7.05. The summed E-state index contributed by atoms with van der Waals surface area (Å²) in [7, 11) is 0. The number of aromatic nitrogens is 2. The standard InChI is InChI=1S/C16H27ClN4O2/c1-11(2)9-21-15(17)14(13(4)19-21)16(22)18-12(3)10-20-5-7-23-8-6-20/h11-12H,5-10H2,1-4H3,(H,18,22)/t12-/m1/s1. The maximum absolute atomic E-state index is 12.5. The molecular formula is C16H27ClN4O2. The van der Waals surface area contributed by atoms with Gasteiger partial charge in [-0.3, -0.25) is 14.4 Å². The number of morpholine rings is 1. The second-order valence-electron chi connectivity index (χ2n) is 6.61. The minimum atomic E-state index is -0.150. The molecule has 0 bridgehead atoms. The molecule has 0 unspecified atom stereocenters. The molecule has 1 N–H and O–H groups in total. The van der Waals surface area contributed by atoms with Gasteiger partial charge in [-0.05, 0) is 19.8 Å². The van der Waals surface area contributed by atoms with E-state index in [1.165, 1.54) is 0 Å². The number of rotatable bonds is 6. The van der Waals surface area contributed by atoms with Crippen molar-refractivity contribution in [3.8, 4) is 0 Å². The molecule has 1 aromatic heterocycles. The van der Waals surface area contributed by atoms with Crippen molar-refractivity contribution in [3.05, 3.63) is 16.4 Å². The Hall–Kier alpha value is -1.11. The van der Waals surface area contributed by atoms with E-state index in [0.29, 0.717) is 28.9 Å². The van der Waals surface area contributed by atoms with Crippen molar-refractivity contribution >= 4 is 17.5 Å². The Morgan fingerprint density at radius 2 is 1.96 bits per heavy atom. The van der Waals surface area contributed by atoms with Crippen molar-refractivity contribution in [2.45, 2.75) is 40.3 Å². The maximum atomic E-state index is 12.5. The van der Waals surface area contributed by atoms with Gasteiger partial charge in [0.15, 0.2) is 0 Å². The predicted molar refractivity (Wildman–Crippen MR) is 91.0 cm³/mol. The van der Waals surface area contributed by atoms with E-state index in [1.54, 1.807) is 4.68 Å². The SMILES string of the molecule is Cc1nn(CC(C)C)c(Cl)c1C(=O)N[C@H](C)CN1CCOCC1. The molecule has 1 saturated heterocycles. The zero-order valence-corrected chi connectivity index (χ0v) is 15.2. The van der Waals surface area contributed by atoms with E-state index >= 15 is 0 Å². The number of hydrogen-bond acceptors (Lipinski definition) is 4. The number of amides is 1. The van der Waals surface area contributed by atoms with Gasteiger partial charge in [-0.1, -0.05) is 25.4 Å². The molecule has 1 atom stereocenters. The molecule has 0 spiro atoms. The molecule has 2 heterocycles. The number of hydrogen-bond donors (Lipinski definition) is 1. The summed E-state index contributed by atoms with van der Waals surface area (Å²) in [6, 6.07) is 0.0458. The molecule has 1 amide bonds. The van der Waals surface area contributed by atoms with E-state index in [0.717, 1.165) is 32.8 Å². The van der Waals surface area contributed by atoms with Crippen LogP contribution in [0.5, 0.6) is 0 Å². The second-order valence-corrected chi connectivity index (χ2v) is 6.97. The predicted octanol–water partition coefficient (Wildman–Crippen LogP) is 1.95. The first kappa shape index (κ1) is 18.2. The Balaban J connectivity index is 1.98. The van der Waals surface area contributed by atoms with E-state index in [-0.39, 0.29) is 11.9 Å². The zero-order valence-electron chi connectivity index (χ0n) is 14.4. The maximum Gasteiger partial charge on any atom is 0.256 e. The number of nitrogens with one attached hydrogen (secondary N) is 1. The Labute approximate surface area is 143 Å². The molecule has 1 aromatic rings. The lowest BCUT2D eigenvalue weighted by atomic mass is 10.2.